The minimum Gasteiger partial charge on any atom is -0.375 e. The van der Waals surface area contributed by atoms with Crippen molar-refractivity contribution in [2.75, 3.05) is 6.61 Å². The molecule has 1 aromatic heterocycles. The van der Waals surface area contributed by atoms with Gasteiger partial charge < -0.3 is 4.74 Å². The molecule has 92 valence electrons. The molecule has 1 aromatic rings. The van der Waals surface area contributed by atoms with Crippen LogP contribution in [0.15, 0.2) is 10.7 Å². The van der Waals surface area contributed by atoms with Crippen molar-refractivity contribution in [3.63, 3.8) is 0 Å². The highest BCUT2D eigenvalue weighted by atomic mass is 79.9. The molecule has 0 unspecified atom stereocenters. The molecular weight excluding hydrogens is 289 g/mol. The van der Waals surface area contributed by atoms with E-state index in [0.717, 1.165) is 4.47 Å². The van der Waals surface area contributed by atoms with Crippen LogP contribution >= 0.6 is 15.9 Å². The molecule has 0 fully saturated rings. The summed E-state index contributed by atoms with van der Waals surface area (Å²) in [6.45, 7) is 2.38. The van der Waals surface area contributed by atoms with E-state index in [1.165, 1.54) is 0 Å². The first kappa shape index (κ1) is 13.5. The molecule has 0 atom stereocenters. The third kappa shape index (κ3) is 4.52. The molecule has 0 aromatic carbocycles. The molecule has 0 radical (unpaired) electrons. The van der Waals surface area contributed by atoms with E-state index < -0.39 is 12.6 Å². The molecular formula is C9H12BrF3N2O. The smallest absolute Gasteiger partial charge is 0.375 e. The summed E-state index contributed by atoms with van der Waals surface area (Å²) in [5.41, 5.74) is 0.615. The molecule has 0 saturated heterocycles. The number of hydrogen-bond donors (Lipinski definition) is 0. The first-order chi connectivity index (χ1) is 7.42. The van der Waals surface area contributed by atoms with Crippen molar-refractivity contribution in [2.24, 2.45) is 0 Å². The molecule has 3 nitrogen and oxygen atoms in total. The Morgan fingerprint density at radius 1 is 1.50 bits per heavy atom. The summed E-state index contributed by atoms with van der Waals surface area (Å²) in [6.07, 6.45) is -3.33. The Morgan fingerprint density at radius 2 is 2.19 bits per heavy atom. The van der Waals surface area contributed by atoms with Crippen LogP contribution in [0.2, 0.25) is 0 Å². The Kier molecular flexibility index (Phi) is 4.79. The largest absolute Gasteiger partial charge is 0.391 e. The molecule has 0 aliphatic rings. The van der Waals surface area contributed by atoms with Gasteiger partial charge in [0.25, 0.3) is 0 Å². The first-order valence-corrected chi connectivity index (χ1v) is 5.58. The van der Waals surface area contributed by atoms with Crippen LogP contribution in [0.5, 0.6) is 0 Å². The number of ether oxygens (including phenoxy) is 1. The second-order valence-electron chi connectivity index (χ2n) is 3.20. The van der Waals surface area contributed by atoms with Crippen molar-refractivity contribution < 1.29 is 17.9 Å². The van der Waals surface area contributed by atoms with Crippen LogP contribution in [0.4, 0.5) is 13.2 Å². The zero-order valence-electron chi connectivity index (χ0n) is 8.72. The summed E-state index contributed by atoms with van der Waals surface area (Å²) in [5, 5.41) is 4.13. The zero-order valence-corrected chi connectivity index (χ0v) is 10.3. The fourth-order valence-electron chi connectivity index (χ4n) is 1.05. The van der Waals surface area contributed by atoms with Gasteiger partial charge in [-0.2, -0.15) is 18.3 Å². The highest BCUT2D eigenvalue weighted by Crippen LogP contribution is 2.20. The average molecular weight is 301 g/mol. The Labute approximate surface area is 99.7 Å². The summed E-state index contributed by atoms with van der Waals surface area (Å²) >= 11 is 3.26. The number of rotatable bonds is 5. The van der Waals surface area contributed by atoms with Crippen molar-refractivity contribution >= 4 is 15.9 Å². The van der Waals surface area contributed by atoms with E-state index in [0.29, 0.717) is 12.2 Å². The van der Waals surface area contributed by atoms with Crippen LogP contribution in [0.1, 0.15) is 19.0 Å². The highest BCUT2D eigenvalue weighted by Gasteiger charge is 2.26. The quantitative estimate of drug-likeness (QED) is 0.781. The van der Waals surface area contributed by atoms with Gasteiger partial charge in [-0.25, -0.2) is 0 Å². The highest BCUT2D eigenvalue weighted by molar-refractivity contribution is 9.10. The molecule has 7 heteroatoms. The van der Waals surface area contributed by atoms with E-state index in [9.17, 15) is 13.2 Å². The van der Waals surface area contributed by atoms with Crippen molar-refractivity contribution in [1.82, 2.24) is 9.78 Å². The van der Waals surface area contributed by atoms with E-state index in [2.05, 4.69) is 21.0 Å². The predicted molar refractivity (Wildman–Crippen MR) is 55.9 cm³/mol. The maximum absolute atomic E-state index is 11.8. The van der Waals surface area contributed by atoms with E-state index in [4.69, 9.17) is 4.74 Å². The maximum Gasteiger partial charge on any atom is 0.391 e. The van der Waals surface area contributed by atoms with Gasteiger partial charge in [-0.3, -0.25) is 4.68 Å². The fourth-order valence-corrected chi connectivity index (χ4v) is 1.48. The lowest BCUT2D eigenvalue weighted by Crippen LogP contribution is -2.11. The fraction of sp³-hybridized carbons (Fsp3) is 0.667. The van der Waals surface area contributed by atoms with Crippen LogP contribution in [0.3, 0.4) is 0 Å². The lowest BCUT2D eigenvalue weighted by atomic mass is 10.4. The van der Waals surface area contributed by atoms with Gasteiger partial charge in [0.1, 0.15) is 5.69 Å². The van der Waals surface area contributed by atoms with Gasteiger partial charge in [-0.05, 0) is 22.9 Å². The number of alkyl halides is 3. The van der Waals surface area contributed by atoms with Crippen molar-refractivity contribution in [2.45, 2.75) is 32.7 Å². The molecule has 0 bridgehead atoms. The third-order valence-corrected chi connectivity index (χ3v) is 2.54. The standard InChI is InChI=1S/C9H12BrF3N2O/c1-2-15-5-7(10)8(14-15)6-16-4-3-9(11,12)13/h5H,2-4,6H2,1H3. The van der Waals surface area contributed by atoms with E-state index in [-0.39, 0.29) is 13.2 Å². The number of aryl methyl sites for hydroxylation is 1. The second-order valence-corrected chi connectivity index (χ2v) is 4.05. The lowest BCUT2D eigenvalue weighted by molar-refractivity contribution is -0.146. The van der Waals surface area contributed by atoms with Crippen LogP contribution in [0, 0.1) is 0 Å². The first-order valence-electron chi connectivity index (χ1n) is 4.78. The van der Waals surface area contributed by atoms with Crippen LogP contribution < -0.4 is 0 Å². The van der Waals surface area contributed by atoms with E-state index >= 15 is 0 Å². The Hall–Kier alpha value is -0.560. The molecule has 0 aliphatic heterocycles. The summed E-state index contributed by atoms with van der Waals surface area (Å²) in [7, 11) is 0. The van der Waals surface area contributed by atoms with Gasteiger partial charge >= 0.3 is 6.18 Å². The van der Waals surface area contributed by atoms with Crippen LogP contribution in [0.25, 0.3) is 0 Å². The molecule has 1 heterocycles. The predicted octanol–water partition coefficient (Wildman–Crippen LogP) is 3.13. The molecule has 0 N–H and O–H groups in total. The van der Waals surface area contributed by atoms with Crippen LogP contribution in [-0.2, 0) is 17.9 Å². The molecule has 16 heavy (non-hydrogen) atoms. The number of aromatic nitrogens is 2. The minimum atomic E-state index is -4.17. The Bertz CT molecular complexity index is 338. The topological polar surface area (TPSA) is 27.1 Å². The van der Waals surface area contributed by atoms with Gasteiger partial charge in [0, 0.05) is 12.7 Å². The normalized spacial score (nSPS) is 12.1. The average Bonchev–Trinajstić information content (AvgIpc) is 2.53. The number of hydrogen-bond acceptors (Lipinski definition) is 2. The van der Waals surface area contributed by atoms with Crippen molar-refractivity contribution in [1.29, 1.82) is 0 Å². The molecule has 0 aliphatic carbocycles. The number of halogens is 4. The minimum absolute atomic E-state index is 0.0870. The third-order valence-electron chi connectivity index (χ3n) is 1.88. The summed E-state index contributed by atoms with van der Waals surface area (Å²) < 4.78 is 42.8. The van der Waals surface area contributed by atoms with E-state index in [1.54, 1.807) is 10.9 Å². The summed E-state index contributed by atoms with van der Waals surface area (Å²) in [4.78, 5) is 0. The molecule has 0 saturated carbocycles. The molecule has 0 spiro atoms. The lowest BCUT2D eigenvalue weighted by Gasteiger charge is -2.06. The second kappa shape index (κ2) is 5.67. The summed E-state index contributed by atoms with van der Waals surface area (Å²) in [6, 6.07) is 0. The van der Waals surface area contributed by atoms with Gasteiger partial charge in [-0.1, -0.05) is 0 Å². The maximum atomic E-state index is 11.8. The van der Waals surface area contributed by atoms with E-state index in [1.807, 2.05) is 6.92 Å². The molecule has 1 rings (SSSR count). The van der Waals surface area contributed by atoms with Gasteiger partial charge in [0.2, 0.25) is 0 Å². The zero-order chi connectivity index (χ0) is 12.2. The Balaban J connectivity index is 2.34. The van der Waals surface area contributed by atoms with Gasteiger partial charge in [0.15, 0.2) is 0 Å². The van der Waals surface area contributed by atoms with Gasteiger partial charge in [0.05, 0.1) is 24.1 Å². The monoisotopic (exact) mass is 300 g/mol. The Morgan fingerprint density at radius 3 is 2.69 bits per heavy atom. The van der Waals surface area contributed by atoms with Crippen molar-refractivity contribution in [3.8, 4) is 0 Å². The molecule has 0 amide bonds. The van der Waals surface area contributed by atoms with Crippen LogP contribution in [-0.4, -0.2) is 22.6 Å². The number of nitrogens with zero attached hydrogens (tertiary/aromatic N) is 2. The van der Waals surface area contributed by atoms with Gasteiger partial charge in [-0.15, -0.1) is 0 Å². The SMILES string of the molecule is CCn1cc(Br)c(COCCC(F)(F)F)n1. The van der Waals surface area contributed by atoms with Crippen molar-refractivity contribution in [3.05, 3.63) is 16.4 Å². The summed E-state index contributed by atoms with van der Waals surface area (Å²) in [5.74, 6) is 0.